The second-order valence-electron chi connectivity index (χ2n) is 7.97. The average molecular weight is 420 g/mol. The Morgan fingerprint density at radius 2 is 1.66 bits per heavy atom. The SMILES string of the molecule is O=C(CCCN1C(=O)c2ccccc2C1=O)NC1CS(=O)(=O)CC1N1CCCC1. The molecule has 4 rings (SSSR count). The summed E-state index contributed by atoms with van der Waals surface area (Å²) in [6, 6.07) is 6.12. The lowest BCUT2D eigenvalue weighted by atomic mass is 10.1. The summed E-state index contributed by atoms with van der Waals surface area (Å²) in [5.74, 6) is -0.845. The number of sulfone groups is 1. The molecule has 0 bridgehead atoms. The Morgan fingerprint density at radius 3 is 2.28 bits per heavy atom. The number of nitrogens with zero attached hydrogens (tertiary/aromatic N) is 2. The molecule has 2 fully saturated rings. The first kappa shape index (κ1) is 20.0. The minimum absolute atomic E-state index is 0.0295. The number of amides is 3. The summed E-state index contributed by atoms with van der Waals surface area (Å²) in [5.41, 5.74) is 0.790. The number of carbonyl (C=O) groups is 3. The molecule has 2 saturated heterocycles. The van der Waals surface area contributed by atoms with Gasteiger partial charge in [-0.05, 0) is 44.5 Å². The van der Waals surface area contributed by atoms with Crippen molar-refractivity contribution in [2.75, 3.05) is 31.1 Å². The van der Waals surface area contributed by atoms with Gasteiger partial charge in [-0.25, -0.2) is 8.42 Å². The third-order valence-corrected chi connectivity index (χ3v) is 7.66. The molecule has 0 aliphatic carbocycles. The van der Waals surface area contributed by atoms with Gasteiger partial charge in [0.15, 0.2) is 9.84 Å². The predicted molar refractivity (Wildman–Crippen MR) is 106 cm³/mol. The quantitative estimate of drug-likeness (QED) is 0.671. The van der Waals surface area contributed by atoms with Gasteiger partial charge in [-0.2, -0.15) is 0 Å². The number of hydrogen-bond acceptors (Lipinski definition) is 6. The van der Waals surface area contributed by atoms with E-state index in [0.29, 0.717) is 17.5 Å². The zero-order chi connectivity index (χ0) is 20.6. The third-order valence-electron chi connectivity index (χ3n) is 5.94. The van der Waals surface area contributed by atoms with Crippen LogP contribution in [-0.2, 0) is 14.6 Å². The van der Waals surface area contributed by atoms with Crippen LogP contribution in [-0.4, -0.2) is 79.2 Å². The van der Waals surface area contributed by atoms with Crippen molar-refractivity contribution in [3.05, 3.63) is 35.4 Å². The number of nitrogens with one attached hydrogen (secondary N) is 1. The fraction of sp³-hybridized carbons (Fsp3) is 0.550. The molecule has 0 saturated carbocycles. The molecule has 3 aliphatic heterocycles. The lowest BCUT2D eigenvalue weighted by Crippen LogP contribution is -2.50. The van der Waals surface area contributed by atoms with Crippen molar-refractivity contribution in [2.45, 2.75) is 37.8 Å². The Labute approximate surface area is 170 Å². The van der Waals surface area contributed by atoms with Crippen molar-refractivity contribution in [3.8, 4) is 0 Å². The van der Waals surface area contributed by atoms with Crippen LogP contribution in [0.3, 0.4) is 0 Å². The average Bonchev–Trinajstić information content (AvgIpc) is 3.36. The Hall–Kier alpha value is -2.26. The van der Waals surface area contributed by atoms with Crippen molar-refractivity contribution in [1.82, 2.24) is 15.1 Å². The summed E-state index contributed by atoms with van der Waals surface area (Å²) >= 11 is 0. The van der Waals surface area contributed by atoms with E-state index in [4.69, 9.17) is 0 Å². The number of benzene rings is 1. The molecular weight excluding hydrogens is 394 g/mol. The molecule has 9 heteroatoms. The zero-order valence-electron chi connectivity index (χ0n) is 16.2. The monoisotopic (exact) mass is 419 g/mol. The molecular formula is C20H25N3O5S. The summed E-state index contributed by atoms with van der Waals surface area (Å²) in [6.07, 6.45) is 2.58. The van der Waals surface area contributed by atoms with E-state index in [2.05, 4.69) is 10.2 Å². The highest BCUT2D eigenvalue weighted by Gasteiger charge is 2.42. The van der Waals surface area contributed by atoms with Gasteiger partial charge in [0.05, 0.1) is 28.7 Å². The highest BCUT2D eigenvalue weighted by Crippen LogP contribution is 2.24. The van der Waals surface area contributed by atoms with Gasteiger partial charge in [-0.1, -0.05) is 12.1 Å². The first-order chi connectivity index (χ1) is 13.9. The fourth-order valence-electron chi connectivity index (χ4n) is 4.52. The third kappa shape index (κ3) is 4.06. The van der Waals surface area contributed by atoms with E-state index in [0.717, 1.165) is 25.9 Å². The second-order valence-corrected chi connectivity index (χ2v) is 10.1. The lowest BCUT2D eigenvalue weighted by Gasteiger charge is -2.28. The number of hydrogen-bond donors (Lipinski definition) is 1. The largest absolute Gasteiger partial charge is 0.351 e. The first-order valence-corrected chi connectivity index (χ1v) is 11.9. The normalized spacial score (nSPS) is 26.1. The van der Waals surface area contributed by atoms with Crippen molar-refractivity contribution in [1.29, 1.82) is 0 Å². The molecule has 0 spiro atoms. The van der Waals surface area contributed by atoms with E-state index >= 15 is 0 Å². The van der Waals surface area contributed by atoms with Crippen LogP contribution in [0, 0.1) is 0 Å². The molecule has 3 heterocycles. The summed E-state index contributed by atoms with van der Waals surface area (Å²) in [5, 5.41) is 2.88. The van der Waals surface area contributed by atoms with E-state index in [-0.39, 0.29) is 48.2 Å². The maximum absolute atomic E-state index is 12.4. The topological polar surface area (TPSA) is 104 Å². The minimum Gasteiger partial charge on any atom is -0.351 e. The summed E-state index contributed by atoms with van der Waals surface area (Å²) in [4.78, 5) is 40.5. The second kappa shape index (κ2) is 7.87. The Balaban J connectivity index is 1.30. The van der Waals surface area contributed by atoms with E-state index in [9.17, 15) is 22.8 Å². The molecule has 29 heavy (non-hydrogen) atoms. The zero-order valence-corrected chi connectivity index (χ0v) is 17.0. The van der Waals surface area contributed by atoms with Crippen molar-refractivity contribution in [3.63, 3.8) is 0 Å². The Morgan fingerprint density at radius 1 is 1.03 bits per heavy atom. The number of imide groups is 1. The molecule has 3 amide bonds. The first-order valence-electron chi connectivity index (χ1n) is 10.0. The maximum atomic E-state index is 12.4. The Kier molecular flexibility index (Phi) is 5.44. The van der Waals surface area contributed by atoms with Gasteiger partial charge in [0.25, 0.3) is 11.8 Å². The summed E-state index contributed by atoms with van der Waals surface area (Å²) < 4.78 is 24.2. The highest BCUT2D eigenvalue weighted by atomic mass is 32.2. The van der Waals surface area contributed by atoms with Gasteiger partial charge < -0.3 is 5.32 Å². The molecule has 8 nitrogen and oxygen atoms in total. The van der Waals surface area contributed by atoms with Crippen LogP contribution in [0.5, 0.6) is 0 Å². The standard InChI is InChI=1S/C20H25N3O5S/c24-18(21-16-12-29(27,28)13-17(16)22-9-3-4-10-22)8-5-11-23-19(25)14-6-1-2-7-15(14)20(23)26/h1-2,6-7,16-17H,3-5,8-13H2,(H,21,24). The number of carbonyl (C=O) groups excluding carboxylic acids is 3. The van der Waals surface area contributed by atoms with Crippen molar-refractivity contribution < 1.29 is 22.8 Å². The van der Waals surface area contributed by atoms with Crippen LogP contribution in [0.1, 0.15) is 46.4 Å². The molecule has 1 N–H and O–H groups in total. The van der Waals surface area contributed by atoms with Crippen molar-refractivity contribution >= 4 is 27.6 Å². The van der Waals surface area contributed by atoms with Crippen LogP contribution >= 0.6 is 0 Å². The van der Waals surface area contributed by atoms with Gasteiger partial charge in [0, 0.05) is 19.0 Å². The van der Waals surface area contributed by atoms with Gasteiger partial charge in [-0.15, -0.1) is 0 Å². The molecule has 0 aromatic heterocycles. The van der Waals surface area contributed by atoms with E-state index in [1.807, 2.05) is 0 Å². The molecule has 156 valence electrons. The summed E-state index contributed by atoms with van der Waals surface area (Å²) in [7, 11) is -3.16. The van der Waals surface area contributed by atoms with Crippen molar-refractivity contribution in [2.24, 2.45) is 0 Å². The fourth-order valence-corrected chi connectivity index (χ4v) is 6.47. The number of likely N-dealkylation sites (tertiary alicyclic amines) is 1. The van der Waals surface area contributed by atoms with Crippen LogP contribution in [0.15, 0.2) is 24.3 Å². The van der Waals surface area contributed by atoms with E-state index in [1.54, 1.807) is 24.3 Å². The smallest absolute Gasteiger partial charge is 0.261 e. The van der Waals surface area contributed by atoms with E-state index < -0.39 is 15.9 Å². The van der Waals surface area contributed by atoms with Crippen LogP contribution in [0.25, 0.3) is 0 Å². The lowest BCUT2D eigenvalue weighted by molar-refractivity contribution is -0.122. The molecule has 3 aliphatic rings. The minimum atomic E-state index is -3.16. The molecule has 0 radical (unpaired) electrons. The summed E-state index contributed by atoms with van der Waals surface area (Å²) in [6.45, 7) is 1.90. The number of rotatable bonds is 6. The van der Waals surface area contributed by atoms with Gasteiger partial charge in [0.2, 0.25) is 5.91 Å². The van der Waals surface area contributed by atoms with E-state index in [1.165, 1.54) is 4.90 Å². The maximum Gasteiger partial charge on any atom is 0.261 e. The highest BCUT2D eigenvalue weighted by molar-refractivity contribution is 7.91. The van der Waals surface area contributed by atoms with Gasteiger partial charge in [-0.3, -0.25) is 24.2 Å². The molecule has 1 aromatic carbocycles. The molecule has 2 unspecified atom stereocenters. The molecule has 1 aromatic rings. The van der Waals surface area contributed by atoms with Crippen LogP contribution < -0.4 is 5.32 Å². The van der Waals surface area contributed by atoms with Crippen LogP contribution in [0.2, 0.25) is 0 Å². The van der Waals surface area contributed by atoms with Crippen LogP contribution in [0.4, 0.5) is 0 Å². The number of fused-ring (bicyclic) bond motifs is 1. The van der Waals surface area contributed by atoms with Gasteiger partial charge in [0.1, 0.15) is 0 Å². The predicted octanol–water partition coefficient (Wildman–Crippen LogP) is 0.440. The Bertz CT molecular complexity index is 904. The van der Waals surface area contributed by atoms with Gasteiger partial charge >= 0.3 is 0 Å². The molecule has 2 atom stereocenters.